The van der Waals surface area contributed by atoms with Gasteiger partial charge in [-0.3, -0.25) is 20.2 Å². The Morgan fingerprint density at radius 2 is 1.57 bits per heavy atom. The molecule has 0 spiro atoms. The first-order valence-electron chi connectivity index (χ1n) is 11.1. The Balaban J connectivity index is 1.23. The standard InChI is InChI=1S/C21H36N4O3/c1-14-3-4-17(15(2)11-14)16-12-22-18(23-13-16)19(26)24-7-9-25(10-8-24)20(27)21(28)5-6-21/h14-18,22-23,28H,3-13H2,1-2H3. The summed E-state index contributed by atoms with van der Waals surface area (Å²) in [6.07, 6.45) is 4.77. The number of hydrogen-bond acceptors (Lipinski definition) is 5. The van der Waals surface area contributed by atoms with Crippen LogP contribution in [0.5, 0.6) is 0 Å². The molecule has 0 radical (unpaired) electrons. The van der Waals surface area contributed by atoms with Crippen molar-refractivity contribution in [1.82, 2.24) is 20.4 Å². The molecule has 0 bridgehead atoms. The fraction of sp³-hybridized carbons (Fsp3) is 0.905. The molecule has 3 unspecified atom stereocenters. The van der Waals surface area contributed by atoms with Gasteiger partial charge in [0.15, 0.2) is 0 Å². The molecule has 2 heterocycles. The largest absolute Gasteiger partial charge is 0.380 e. The summed E-state index contributed by atoms with van der Waals surface area (Å²) in [4.78, 5) is 28.7. The van der Waals surface area contributed by atoms with Gasteiger partial charge >= 0.3 is 0 Å². The Morgan fingerprint density at radius 3 is 2.14 bits per heavy atom. The highest BCUT2D eigenvalue weighted by atomic mass is 16.3. The van der Waals surface area contributed by atoms with E-state index in [4.69, 9.17) is 0 Å². The highest BCUT2D eigenvalue weighted by Crippen LogP contribution is 2.38. The van der Waals surface area contributed by atoms with Crippen molar-refractivity contribution >= 4 is 11.8 Å². The van der Waals surface area contributed by atoms with Crippen molar-refractivity contribution in [3.05, 3.63) is 0 Å². The average Bonchev–Trinajstić information content (AvgIpc) is 3.46. The number of hydrogen-bond donors (Lipinski definition) is 3. The van der Waals surface area contributed by atoms with Gasteiger partial charge < -0.3 is 14.9 Å². The van der Waals surface area contributed by atoms with Crippen LogP contribution in [0.4, 0.5) is 0 Å². The summed E-state index contributed by atoms with van der Waals surface area (Å²) in [7, 11) is 0. The zero-order valence-electron chi connectivity index (χ0n) is 17.3. The highest BCUT2D eigenvalue weighted by Gasteiger charge is 2.50. The van der Waals surface area contributed by atoms with E-state index in [1.807, 2.05) is 4.90 Å². The molecule has 158 valence electrons. The third-order valence-electron chi connectivity index (χ3n) is 7.52. The molecule has 3 atom stereocenters. The Hall–Kier alpha value is -1.18. The lowest BCUT2D eigenvalue weighted by Gasteiger charge is -2.43. The van der Waals surface area contributed by atoms with E-state index in [2.05, 4.69) is 24.5 Å². The zero-order valence-corrected chi connectivity index (χ0v) is 17.3. The van der Waals surface area contributed by atoms with Crippen molar-refractivity contribution in [2.24, 2.45) is 23.7 Å². The number of amides is 2. The van der Waals surface area contributed by atoms with E-state index in [9.17, 15) is 14.7 Å². The predicted molar refractivity (Wildman–Crippen MR) is 106 cm³/mol. The number of carbonyl (C=O) groups excluding carboxylic acids is 2. The van der Waals surface area contributed by atoms with Gasteiger partial charge in [-0.1, -0.05) is 20.3 Å². The molecule has 0 aromatic carbocycles. The van der Waals surface area contributed by atoms with Crippen LogP contribution < -0.4 is 10.6 Å². The molecule has 2 saturated heterocycles. The second-order valence-corrected chi connectivity index (χ2v) is 9.72. The normalized spacial score (nSPS) is 38.2. The second kappa shape index (κ2) is 7.92. The molecule has 4 fully saturated rings. The van der Waals surface area contributed by atoms with Crippen LogP contribution in [-0.2, 0) is 9.59 Å². The summed E-state index contributed by atoms with van der Waals surface area (Å²) in [6.45, 7) is 8.66. The first kappa shape index (κ1) is 20.1. The molecule has 2 aliphatic heterocycles. The summed E-state index contributed by atoms with van der Waals surface area (Å²) in [5.74, 6) is 2.87. The van der Waals surface area contributed by atoms with Gasteiger partial charge in [-0.2, -0.15) is 0 Å². The predicted octanol–water partition coefficient (Wildman–Crippen LogP) is 0.390. The first-order chi connectivity index (χ1) is 13.4. The lowest BCUT2D eigenvalue weighted by Crippen LogP contribution is -2.64. The monoisotopic (exact) mass is 392 g/mol. The Kier molecular flexibility index (Phi) is 5.69. The fourth-order valence-electron chi connectivity index (χ4n) is 5.49. The molecule has 7 nitrogen and oxygen atoms in total. The number of rotatable bonds is 3. The number of nitrogens with zero attached hydrogens (tertiary/aromatic N) is 2. The number of aliphatic hydroxyl groups is 1. The van der Waals surface area contributed by atoms with Crippen molar-refractivity contribution in [3.8, 4) is 0 Å². The van der Waals surface area contributed by atoms with Crippen molar-refractivity contribution in [2.75, 3.05) is 39.3 Å². The van der Waals surface area contributed by atoms with E-state index >= 15 is 0 Å². The van der Waals surface area contributed by atoms with Crippen LogP contribution in [0, 0.1) is 23.7 Å². The average molecular weight is 393 g/mol. The molecule has 0 aromatic heterocycles. The van der Waals surface area contributed by atoms with E-state index in [1.165, 1.54) is 19.3 Å². The topological polar surface area (TPSA) is 84.9 Å². The number of nitrogens with one attached hydrogen (secondary N) is 2. The summed E-state index contributed by atoms with van der Waals surface area (Å²) in [5.41, 5.74) is -1.11. The number of piperazine rings is 1. The van der Waals surface area contributed by atoms with Crippen LogP contribution in [0.15, 0.2) is 0 Å². The van der Waals surface area contributed by atoms with E-state index < -0.39 is 5.60 Å². The van der Waals surface area contributed by atoms with Gasteiger partial charge in [-0.15, -0.1) is 0 Å². The quantitative estimate of drug-likeness (QED) is 0.647. The van der Waals surface area contributed by atoms with Gasteiger partial charge in [0, 0.05) is 39.3 Å². The minimum Gasteiger partial charge on any atom is -0.380 e. The molecule has 4 rings (SSSR count). The van der Waals surface area contributed by atoms with Gasteiger partial charge in [-0.25, -0.2) is 0 Å². The van der Waals surface area contributed by atoms with Crippen LogP contribution in [-0.4, -0.2) is 77.8 Å². The minimum absolute atomic E-state index is 0.0843. The third kappa shape index (κ3) is 4.07. The number of carbonyl (C=O) groups is 2. The minimum atomic E-state index is -1.11. The molecule has 2 saturated carbocycles. The van der Waals surface area contributed by atoms with E-state index in [-0.39, 0.29) is 18.0 Å². The van der Waals surface area contributed by atoms with Crippen molar-refractivity contribution in [2.45, 2.75) is 57.7 Å². The maximum Gasteiger partial charge on any atom is 0.254 e. The molecule has 3 N–H and O–H groups in total. The van der Waals surface area contributed by atoms with Crippen LogP contribution in [0.3, 0.4) is 0 Å². The van der Waals surface area contributed by atoms with Crippen LogP contribution in [0.1, 0.15) is 46.0 Å². The van der Waals surface area contributed by atoms with E-state index in [0.29, 0.717) is 44.9 Å². The smallest absolute Gasteiger partial charge is 0.254 e. The molecular formula is C21H36N4O3. The molecule has 2 aliphatic carbocycles. The summed E-state index contributed by atoms with van der Waals surface area (Å²) in [5, 5.41) is 16.9. The van der Waals surface area contributed by atoms with Gasteiger partial charge in [0.1, 0.15) is 11.8 Å². The van der Waals surface area contributed by atoms with Gasteiger partial charge in [0.25, 0.3) is 11.8 Å². The summed E-state index contributed by atoms with van der Waals surface area (Å²) < 4.78 is 0. The molecule has 0 aromatic rings. The first-order valence-corrected chi connectivity index (χ1v) is 11.1. The third-order valence-corrected chi connectivity index (χ3v) is 7.52. The lowest BCUT2D eigenvalue weighted by atomic mass is 9.69. The second-order valence-electron chi connectivity index (χ2n) is 9.72. The van der Waals surface area contributed by atoms with Crippen molar-refractivity contribution in [3.63, 3.8) is 0 Å². The Labute approximate surface area is 168 Å². The SMILES string of the molecule is CC1CCC(C2CNC(C(=O)N3CCN(C(=O)C4(O)CC4)CC3)NC2)C(C)C1. The van der Waals surface area contributed by atoms with Crippen molar-refractivity contribution < 1.29 is 14.7 Å². The fourth-order valence-corrected chi connectivity index (χ4v) is 5.49. The Morgan fingerprint density at radius 1 is 0.964 bits per heavy atom. The summed E-state index contributed by atoms with van der Waals surface area (Å²) in [6, 6.07) is 0. The van der Waals surface area contributed by atoms with Crippen LogP contribution in [0.2, 0.25) is 0 Å². The van der Waals surface area contributed by atoms with Crippen molar-refractivity contribution in [1.29, 1.82) is 0 Å². The molecule has 4 aliphatic rings. The van der Waals surface area contributed by atoms with Crippen LogP contribution in [0.25, 0.3) is 0 Å². The highest BCUT2D eigenvalue weighted by molar-refractivity contribution is 5.88. The Bertz CT molecular complexity index is 592. The maximum atomic E-state index is 12.9. The van der Waals surface area contributed by atoms with Crippen LogP contribution >= 0.6 is 0 Å². The van der Waals surface area contributed by atoms with Gasteiger partial charge in [0.05, 0.1) is 0 Å². The molecule has 28 heavy (non-hydrogen) atoms. The lowest BCUT2D eigenvalue weighted by molar-refractivity contribution is -0.148. The van der Waals surface area contributed by atoms with E-state index in [0.717, 1.165) is 30.8 Å². The molecular weight excluding hydrogens is 356 g/mol. The zero-order chi connectivity index (χ0) is 19.9. The van der Waals surface area contributed by atoms with Gasteiger partial charge in [-0.05, 0) is 49.4 Å². The van der Waals surface area contributed by atoms with Gasteiger partial charge in [0.2, 0.25) is 0 Å². The molecule has 7 heteroatoms. The molecule has 2 amide bonds. The van der Waals surface area contributed by atoms with E-state index in [1.54, 1.807) is 4.90 Å². The summed E-state index contributed by atoms with van der Waals surface area (Å²) >= 11 is 0. The maximum absolute atomic E-state index is 12.9.